The van der Waals surface area contributed by atoms with E-state index < -0.39 is 24.4 Å². The van der Waals surface area contributed by atoms with Gasteiger partial charge < -0.3 is 5.11 Å². The van der Waals surface area contributed by atoms with Crippen LogP contribution in [0.5, 0.6) is 0 Å². The third-order valence-corrected chi connectivity index (χ3v) is 2.42. The summed E-state index contributed by atoms with van der Waals surface area (Å²) in [5, 5.41) is 8.57. The second kappa shape index (κ2) is 5.41. The van der Waals surface area contributed by atoms with Crippen LogP contribution in [0.4, 0.5) is 8.78 Å². The van der Waals surface area contributed by atoms with Crippen molar-refractivity contribution in [1.82, 2.24) is 4.98 Å². The molecule has 0 spiro atoms. The molecule has 16 heavy (non-hydrogen) atoms. The molecule has 0 unspecified atom stereocenters. The normalized spacial score (nSPS) is 10.8. The van der Waals surface area contributed by atoms with Gasteiger partial charge in [-0.2, -0.15) is 0 Å². The van der Waals surface area contributed by atoms with E-state index in [0.29, 0.717) is 0 Å². The number of nitrogens with zero attached hydrogens (tertiary/aromatic N) is 1. The highest BCUT2D eigenvalue weighted by atomic mass is 35.5. The maximum atomic E-state index is 12.6. The number of carboxylic acids is 1. The van der Waals surface area contributed by atoms with Crippen LogP contribution >= 0.6 is 23.2 Å². The van der Waals surface area contributed by atoms with Gasteiger partial charge in [0.25, 0.3) is 6.43 Å². The molecule has 0 saturated carbocycles. The van der Waals surface area contributed by atoms with Crippen molar-refractivity contribution in [2.24, 2.45) is 0 Å². The second-order valence-corrected chi connectivity index (χ2v) is 3.63. The molecule has 1 aromatic heterocycles. The van der Waals surface area contributed by atoms with Crippen LogP contribution in [-0.4, -0.2) is 16.1 Å². The van der Waals surface area contributed by atoms with Gasteiger partial charge in [0, 0.05) is 5.56 Å². The van der Waals surface area contributed by atoms with Crippen molar-refractivity contribution in [3.8, 4) is 0 Å². The zero-order chi connectivity index (χ0) is 12.3. The number of alkyl halides is 3. The van der Waals surface area contributed by atoms with Crippen LogP contribution in [0, 0.1) is 0 Å². The maximum Gasteiger partial charge on any atom is 0.309 e. The van der Waals surface area contributed by atoms with Gasteiger partial charge in [0.15, 0.2) is 0 Å². The Kier molecular flexibility index (Phi) is 4.44. The highest BCUT2D eigenvalue weighted by Gasteiger charge is 2.19. The van der Waals surface area contributed by atoms with Gasteiger partial charge in [0.05, 0.1) is 28.7 Å². The van der Waals surface area contributed by atoms with Crippen LogP contribution in [0.15, 0.2) is 6.07 Å². The molecule has 0 fully saturated rings. The van der Waals surface area contributed by atoms with Crippen LogP contribution in [0.25, 0.3) is 0 Å². The molecule has 0 atom stereocenters. The molecule has 0 radical (unpaired) electrons. The van der Waals surface area contributed by atoms with Crippen LogP contribution in [-0.2, 0) is 17.1 Å². The molecule has 0 amide bonds. The zero-order valence-corrected chi connectivity index (χ0v) is 9.40. The van der Waals surface area contributed by atoms with Crippen molar-refractivity contribution in [3.05, 3.63) is 28.0 Å². The van der Waals surface area contributed by atoms with E-state index in [1.54, 1.807) is 0 Å². The van der Waals surface area contributed by atoms with Gasteiger partial charge >= 0.3 is 5.97 Å². The molecule has 0 aliphatic rings. The summed E-state index contributed by atoms with van der Waals surface area (Å²) in [5.41, 5.74) is -0.479. The predicted molar refractivity (Wildman–Crippen MR) is 55.1 cm³/mol. The van der Waals surface area contributed by atoms with Crippen LogP contribution in [0.2, 0.25) is 5.02 Å². The molecule has 3 nitrogen and oxygen atoms in total. The average Bonchev–Trinajstić information content (AvgIpc) is 2.19. The molecule has 1 rings (SSSR count). The number of aromatic nitrogens is 1. The molecule has 1 heterocycles. The van der Waals surface area contributed by atoms with Crippen molar-refractivity contribution in [1.29, 1.82) is 0 Å². The molecular formula is C9H7Cl2F2NO2. The molecule has 0 aliphatic heterocycles. The Labute approximate surface area is 100 Å². The van der Waals surface area contributed by atoms with Crippen molar-refractivity contribution < 1.29 is 18.7 Å². The molecule has 0 aliphatic carbocycles. The smallest absolute Gasteiger partial charge is 0.309 e. The Morgan fingerprint density at radius 1 is 1.50 bits per heavy atom. The predicted octanol–water partition coefficient (Wildman–Crippen LogP) is 3.04. The number of hydrogen-bond acceptors (Lipinski definition) is 2. The summed E-state index contributed by atoms with van der Waals surface area (Å²) in [7, 11) is 0. The number of halogens is 4. The van der Waals surface area contributed by atoms with E-state index in [1.807, 2.05) is 0 Å². The van der Waals surface area contributed by atoms with E-state index in [-0.39, 0.29) is 22.3 Å². The highest BCUT2D eigenvalue weighted by Crippen LogP contribution is 2.27. The molecule has 88 valence electrons. The monoisotopic (exact) mass is 269 g/mol. The summed E-state index contributed by atoms with van der Waals surface area (Å²) in [6, 6.07) is 1.01. The minimum Gasteiger partial charge on any atom is -0.481 e. The fourth-order valence-electron chi connectivity index (χ4n) is 1.15. The standard InChI is InChI=1S/C9H7Cl2F2NO2/c10-3-7-5(11)1-4(9(12)13)6(14-7)2-8(15)16/h1,9H,2-3H2,(H,15,16). The van der Waals surface area contributed by atoms with Gasteiger partial charge in [-0.15, -0.1) is 11.6 Å². The fourth-order valence-corrected chi connectivity index (χ4v) is 1.65. The van der Waals surface area contributed by atoms with E-state index in [4.69, 9.17) is 28.3 Å². The van der Waals surface area contributed by atoms with Gasteiger partial charge in [-0.1, -0.05) is 11.6 Å². The number of hydrogen-bond donors (Lipinski definition) is 1. The maximum absolute atomic E-state index is 12.6. The summed E-state index contributed by atoms with van der Waals surface area (Å²) < 4.78 is 25.1. The Hall–Kier alpha value is -0.940. The average molecular weight is 270 g/mol. The number of rotatable bonds is 4. The van der Waals surface area contributed by atoms with E-state index in [1.165, 1.54) is 0 Å². The Morgan fingerprint density at radius 3 is 2.56 bits per heavy atom. The molecule has 1 N–H and O–H groups in total. The first-order chi connectivity index (χ1) is 7.45. The van der Waals surface area contributed by atoms with Gasteiger partial charge in [-0.3, -0.25) is 9.78 Å². The second-order valence-electron chi connectivity index (χ2n) is 2.96. The van der Waals surface area contributed by atoms with Gasteiger partial charge in [0.1, 0.15) is 0 Å². The van der Waals surface area contributed by atoms with E-state index in [2.05, 4.69) is 4.98 Å². The number of pyridine rings is 1. The lowest BCUT2D eigenvalue weighted by Crippen LogP contribution is -2.08. The van der Waals surface area contributed by atoms with Crippen molar-refractivity contribution in [3.63, 3.8) is 0 Å². The summed E-state index contributed by atoms with van der Waals surface area (Å²) in [6.07, 6.45) is -3.40. The van der Waals surface area contributed by atoms with Crippen molar-refractivity contribution in [2.45, 2.75) is 18.7 Å². The lowest BCUT2D eigenvalue weighted by atomic mass is 10.1. The first-order valence-corrected chi connectivity index (χ1v) is 5.11. The zero-order valence-electron chi connectivity index (χ0n) is 7.88. The molecule has 1 aromatic rings. The minimum absolute atomic E-state index is 0.0134. The molecule has 0 bridgehead atoms. The first-order valence-electron chi connectivity index (χ1n) is 4.19. The van der Waals surface area contributed by atoms with Crippen LogP contribution < -0.4 is 0 Å². The third kappa shape index (κ3) is 3.02. The van der Waals surface area contributed by atoms with E-state index in [9.17, 15) is 13.6 Å². The van der Waals surface area contributed by atoms with Crippen LogP contribution in [0.3, 0.4) is 0 Å². The summed E-state index contributed by atoms with van der Waals surface area (Å²) in [4.78, 5) is 14.2. The third-order valence-electron chi connectivity index (χ3n) is 1.84. The topological polar surface area (TPSA) is 50.2 Å². The fraction of sp³-hybridized carbons (Fsp3) is 0.333. The summed E-state index contributed by atoms with van der Waals surface area (Å²) >= 11 is 11.1. The number of aliphatic carboxylic acids is 1. The Balaban J connectivity index is 3.24. The SMILES string of the molecule is O=C(O)Cc1nc(CCl)c(Cl)cc1C(F)F. The highest BCUT2D eigenvalue weighted by molar-refractivity contribution is 6.32. The Bertz CT molecular complexity index is 413. The van der Waals surface area contributed by atoms with Crippen LogP contribution in [0.1, 0.15) is 23.4 Å². The quantitative estimate of drug-likeness (QED) is 0.855. The lowest BCUT2D eigenvalue weighted by molar-refractivity contribution is -0.136. The number of carbonyl (C=O) groups is 1. The van der Waals surface area contributed by atoms with Gasteiger partial charge in [-0.25, -0.2) is 8.78 Å². The van der Waals surface area contributed by atoms with Gasteiger partial charge in [-0.05, 0) is 6.07 Å². The summed E-state index contributed by atoms with van der Waals surface area (Å²) in [5.74, 6) is -1.30. The first kappa shape index (κ1) is 13.1. The molecule has 0 saturated heterocycles. The largest absolute Gasteiger partial charge is 0.481 e. The molecule has 7 heteroatoms. The van der Waals surface area contributed by atoms with Gasteiger partial charge in [0.2, 0.25) is 0 Å². The molecule has 0 aromatic carbocycles. The number of carboxylic acid groups (broad SMARTS) is 1. The molecular weight excluding hydrogens is 263 g/mol. The van der Waals surface area contributed by atoms with Crippen molar-refractivity contribution >= 4 is 29.2 Å². The lowest BCUT2D eigenvalue weighted by Gasteiger charge is -2.09. The summed E-state index contributed by atoms with van der Waals surface area (Å²) in [6.45, 7) is 0. The van der Waals surface area contributed by atoms with E-state index >= 15 is 0 Å². The van der Waals surface area contributed by atoms with Crippen molar-refractivity contribution in [2.75, 3.05) is 0 Å². The minimum atomic E-state index is -2.82. The van der Waals surface area contributed by atoms with E-state index in [0.717, 1.165) is 6.07 Å². The Morgan fingerprint density at radius 2 is 2.12 bits per heavy atom.